The molecule has 2 heterocycles. The molecule has 0 unspecified atom stereocenters. The molecular weight excluding hydrogens is 233 g/mol. The normalized spacial score (nSPS) is 10.7. The Bertz CT molecular complexity index is 722. The van der Waals surface area contributed by atoms with Gasteiger partial charge in [0.15, 0.2) is 0 Å². The molecular formula is C13H8FN3O. The Morgan fingerprint density at radius 2 is 1.89 bits per heavy atom. The van der Waals surface area contributed by atoms with Crippen molar-refractivity contribution in [3.63, 3.8) is 0 Å². The maximum Gasteiger partial charge on any atom is 0.209 e. The molecule has 0 atom stereocenters. The van der Waals surface area contributed by atoms with Crippen LogP contribution >= 0.6 is 0 Å². The predicted octanol–water partition coefficient (Wildman–Crippen LogP) is 3.54. The van der Waals surface area contributed by atoms with Crippen molar-refractivity contribution in [3.8, 4) is 11.3 Å². The van der Waals surface area contributed by atoms with Crippen LogP contribution in [0.5, 0.6) is 0 Å². The number of imidazole rings is 1. The fourth-order valence-corrected chi connectivity index (χ4v) is 1.88. The van der Waals surface area contributed by atoms with Gasteiger partial charge in [-0.25, -0.2) is 9.37 Å². The number of nitroso groups, excluding NO2 is 1. The average Bonchev–Trinajstić information content (AvgIpc) is 2.77. The second-order valence-corrected chi connectivity index (χ2v) is 3.82. The quantitative estimate of drug-likeness (QED) is 0.644. The van der Waals surface area contributed by atoms with Gasteiger partial charge in [-0.05, 0) is 17.3 Å². The number of hydrogen-bond acceptors (Lipinski definition) is 3. The minimum atomic E-state index is -0.440. The van der Waals surface area contributed by atoms with E-state index in [9.17, 15) is 9.30 Å². The smallest absolute Gasteiger partial charge is 0.209 e. The molecule has 3 aromatic rings. The Morgan fingerprint density at radius 1 is 1.11 bits per heavy atom. The average molecular weight is 241 g/mol. The lowest BCUT2D eigenvalue weighted by atomic mass is 10.1. The Hall–Kier alpha value is -2.56. The van der Waals surface area contributed by atoms with Gasteiger partial charge in [-0.3, -0.25) is 4.40 Å². The van der Waals surface area contributed by atoms with Crippen molar-refractivity contribution in [1.29, 1.82) is 0 Å². The highest BCUT2D eigenvalue weighted by Crippen LogP contribution is 2.30. The van der Waals surface area contributed by atoms with Crippen LogP contribution in [0.3, 0.4) is 0 Å². The van der Waals surface area contributed by atoms with Crippen molar-refractivity contribution in [2.24, 2.45) is 5.18 Å². The van der Waals surface area contributed by atoms with Gasteiger partial charge in [0.25, 0.3) is 0 Å². The highest BCUT2D eigenvalue weighted by atomic mass is 19.1. The van der Waals surface area contributed by atoms with Crippen molar-refractivity contribution in [2.45, 2.75) is 0 Å². The van der Waals surface area contributed by atoms with Crippen LogP contribution in [0.2, 0.25) is 0 Å². The standard InChI is InChI=1S/C13H8FN3O/c14-10-6-7-11-15-12(9-4-2-1-3-5-9)13(16-18)17(11)8-10/h1-8H. The minimum Gasteiger partial charge on any atom is -0.278 e. The van der Waals surface area contributed by atoms with Crippen LogP contribution in [-0.4, -0.2) is 9.38 Å². The van der Waals surface area contributed by atoms with E-state index in [1.165, 1.54) is 22.7 Å². The number of benzene rings is 1. The summed E-state index contributed by atoms with van der Waals surface area (Å²) in [6.45, 7) is 0. The summed E-state index contributed by atoms with van der Waals surface area (Å²) in [5.74, 6) is -0.333. The molecule has 1 aromatic carbocycles. The van der Waals surface area contributed by atoms with Crippen LogP contribution in [-0.2, 0) is 0 Å². The summed E-state index contributed by atoms with van der Waals surface area (Å²) in [7, 11) is 0. The lowest BCUT2D eigenvalue weighted by Crippen LogP contribution is -1.85. The number of hydrogen-bond donors (Lipinski definition) is 0. The molecule has 0 N–H and O–H groups in total. The molecule has 0 bridgehead atoms. The molecule has 0 aliphatic heterocycles. The Morgan fingerprint density at radius 3 is 2.61 bits per heavy atom. The molecule has 0 saturated heterocycles. The van der Waals surface area contributed by atoms with Crippen LogP contribution in [0, 0.1) is 10.7 Å². The van der Waals surface area contributed by atoms with Crippen molar-refractivity contribution >= 4 is 11.5 Å². The van der Waals surface area contributed by atoms with Crippen molar-refractivity contribution in [1.82, 2.24) is 9.38 Å². The molecule has 0 saturated carbocycles. The highest BCUT2D eigenvalue weighted by molar-refractivity contribution is 5.74. The maximum atomic E-state index is 13.2. The molecule has 0 radical (unpaired) electrons. The second-order valence-electron chi connectivity index (χ2n) is 3.82. The third kappa shape index (κ3) is 1.57. The molecule has 0 amide bonds. The summed E-state index contributed by atoms with van der Waals surface area (Å²) in [5.41, 5.74) is 1.72. The SMILES string of the molecule is O=Nc1c(-c2ccccc2)nc2ccc(F)cn12. The maximum absolute atomic E-state index is 13.2. The van der Waals surface area contributed by atoms with E-state index in [1.807, 2.05) is 30.3 Å². The summed E-state index contributed by atoms with van der Waals surface area (Å²) in [6, 6.07) is 12.0. The highest BCUT2D eigenvalue weighted by Gasteiger charge is 2.14. The number of nitrogens with zero attached hydrogens (tertiary/aromatic N) is 3. The fraction of sp³-hybridized carbons (Fsp3) is 0. The third-order valence-electron chi connectivity index (χ3n) is 2.69. The largest absolute Gasteiger partial charge is 0.278 e. The lowest BCUT2D eigenvalue weighted by molar-refractivity contribution is 0.619. The van der Waals surface area contributed by atoms with Gasteiger partial charge in [-0.1, -0.05) is 30.3 Å². The van der Waals surface area contributed by atoms with Gasteiger partial charge in [-0.15, -0.1) is 4.91 Å². The number of pyridine rings is 1. The zero-order valence-corrected chi connectivity index (χ0v) is 9.25. The first-order valence-electron chi connectivity index (χ1n) is 5.36. The predicted molar refractivity (Wildman–Crippen MR) is 66.0 cm³/mol. The van der Waals surface area contributed by atoms with Gasteiger partial charge in [-0.2, -0.15) is 0 Å². The molecule has 2 aromatic heterocycles. The van der Waals surface area contributed by atoms with Crippen LogP contribution < -0.4 is 0 Å². The van der Waals surface area contributed by atoms with Gasteiger partial charge in [0.2, 0.25) is 5.82 Å². The molecule has 0 spiro atoms. The molecule has 0 aliphatic carbocycles. The number of aromatic nitrogens is 2. The third-order valence-corrected chi connectivity index (χ3v) is 2.69. The summed E-state index contributed by atoms with van der Waals surface area (Å²) >= 11 is 0. The monoisotopic (exact) mass is 241 g/mol. The Kier molecular flexibility index (Phi) is 2.37. The van der Waals surface area contributed by atoms with Gasteiger partial charge in [0, 0.05) is 11.8 Å². The van der Waals surface area contributed by atoms with Crippen LogP contribution in [0.25, 0.3) is 16.9 Å². The van der Waals surface area contributed by atoms with E-state index < -0.39 is 5.82 Å². The van der Waals surface area contributed by atoms with Crippen LogP contribution in [0.4, 0.5) is 10.2 Å². The van der Waals surface area contributed by atoms with E-state index in [-0.39, 0.29) is 5.82 Å². The first kappa shape index (κ1) is 10.6. The Labute approximate surface area is 102 Å². The summed E-state index contributed by atoms with van der Waals surface area (Å²) in [5, 5.41) is 2.96. The summed E-state index contributed by atoms with van der Waals surface area (Å²) in [6.07, 6.45) is 1.20. The first-order chi connectivity index (χ1) is 8.79. The molecule has 0 aliphatic rings. The van der Waals surface area contributed by atoms with Crippen molar-refractivity contribution < 1.29 is 4.39 Å². The molecule has 5 heteroatoms. The first-order valence-corrected chi connectivity index (χ1v) is 5.36. The van der Waals surface area contributed by atoms with E-state index in [1.54, 1.807) is 0 Å². The number of halogens is 1. The van der Waals surface area contributed by atoms with Gasteiger partial charge < -0.3 is 0 Å². The molecule has 18 heavy (non-hydrogen) atoms. The van der Waals surface area contributed by atoms with Gasteiger partial charge >= 0.3 is 0 Å². The molecule has 3 rings (SSSR count). The molecule has 88 valence electrons. The van der Waals surface area contributed by atoms with E-state index >= 15 is 0 Å². The lowest BCUT2D eigenvalue weighted by Gasteiger charge is -1.96. The van der Waals surface area contributed by atoms with Crippen LogP contribution in [0.15, 0.2) is 53.8 Å². The van der Waals surface area contributed by atoms with E-state index in [4.69, 9.17) is 0 Å². The topological polar surface area (TPSA) is 46.7 Å². The second kappa shape index (κ2) is 4.03. The molecule has 0 fully saturated rings. The summed E-state index contributed by atoms with van der Waals surface area (Å²) < 4.78 is 14.5. The zero-order valence-electron chi connectivity index (χ0n) is 9.25. The van der Waals surface area contributed by atoms with E-state index in [2.05, 4.69) is 10.2 Å². The van der Waals surface area contributed by atoms with E-state index in [0.29, 0.717) is 11.3 Å². The van der Waals surface area contributed by atoms with Gasteiger partial charge in [0.1, 0.15) is 17.2 Å². The van der Waals surface area contributed by atoms with E-state index in [0.717, 1.165) is 5.56 Å². The fourth-order valence-electron chi connectivity index (χ4n) is 1.88. The van der Waals surface area contributed by atoms with Gasteiger partial charge in [0.05, 0.1) is 0 Å². The van der Waals surface area contributed by atoms with Crippen molar-refractivity contribution in [3.05, 3.63) is 59.4 Å². The van der Waals surface area contributed by atoms with Crippen LogP contribution in [0.1, 0.15) is 0 Å². The van der Waals surface area contributed by atoms with Crippen molar-refractivity contribution in [2.75, 3.05) is 0 Å². The molecule has 4 nitrogen and oxygen atoms in total. The number of rotatable bonds is 2. The summed E-state index contributed by atoms with van der Waals surface area (Å²) in [4.78, 5) is 15.3. The Balaban J connectivity index is 2.33. The number of fused-ring (bicyclic) bond motifs is 1. The minimum absolute atomic E-state index is 0.107. The zero-order chi connectivity index (χ0) is 12.5.